The molecule has 0 aliphatic carbocycles. The number of rotatable bonds is 6. The van der Waals surface area contributed by atoms with Gasteiger partial charge in [0, 0.05) is 19.3 Å². The molecule has 0 radical (unpaired) electrons. The molecule has 1 rings (SSSR count). The number of carbonyl (C=O) groups is 1. The maximum absolute atomic E-state index is 11.8. The Morgan fingerprint density at radius 3 is 2.56 bits per heavy atom. The van der Waals surface area contributed by atoms with E-state index in [1.165, 1.54) is 17.7 Å². The molecular weight excluding hydrogens is 260 g/mol. The Balaban J connectivity index is 3.06. The fourth-order valence-corrected chi connectivity index (χ4v) is 2.54. The van der Waals surface area contributed by atoms with Crippen molar-refractivity contribution in [1.82, 2.24) is 9.29 Å². The summed E-state index contributed by atoms with van der Waals surface area (Å²) in [6, 6.07) is 1.09. The SMILES string of the molecule is CCn1cc(S(=O)(=O)NC[C@@H](C)O)cc1C(=O)O. The van der Waals surface area contributed by atoms with E-state index in [-0.39, 0.29) is 17.1 Å². The van der Waals surface area contributed by atoms with Crippen LogP contribution < -0.4 is 4.72 Å². The molecule has 0 spiro atoms. The number of nitrogens with zero attached hydrogens (tertiary/aromatic N) is 1. The minimum atomic E-state index is -3.79. The van der Waals surface area contributed by atoms with Crippen molar-refractivity contribution in [2.45, 2.75) is 31.4 Å². The minimum Gasteiger partial charge on any atom is -0.477 e. The van der Waals surface area contributed by atoms with Crippen LogP contribution in [0.25, 0.3) is 0 Å². The highest BCUT2D eigenvalue weighted by molar-refractivity contribution is 7.89. The highest BCUT2D eigenvalue weighted by Crippen LogP contribution is 2.14. The zero-order chi connectivity index (χ0) is 13.9. The molecule has 1 aromatic heterocycles. The summed E-state index contributed by atoms with van der Waals surface area (Å²) in [6.07, 6.45) is 0.445. The molecule has 0 fully saturated rings. The van der Waals surface area contributed by atoms with Crippen molar-refractivity contribution in [3.63, 3.8) is 0 Å². The zero-order valence-electron chi connectivity index (χ0n) is 10.1. The molecule has 1 aromatic rings. The van der Waals surface area contributed by atoms with Crippen LogP contribution in [0.5, 0.6) is 0 Å². The van der Waals surface area contributed by atoms with Crippen LogP contribution in [0.15, 0.2) is 17.2 Å². The molecule has 7 nitrogen and oxygen atoms in total. The fraction of sp³-hybridized carbons (Fsp3) is 0.500. The molecule has 0 aromatic carbocycles. The maximum Gasteiger partial charge on any atom is 0.352 e. The van der Waals surface area contributed by atoms with Crippen LogP contribution in [0.3, 0.4) is 0 Å². The zero-order valence-corrected chi connectivity index (χ0v) is 10.9. The summed E-state index contributed by atoms with van der Waals surface area (Å²) in [5, 5.41) is 17.9. The monoisotopic (exact) mass is 276 g/mol. The second kappa shape index (κ2) is 5.51. The van der Waals surface area contributed by atoms with Crippen molar-refractivity contribution < 1.29 is 23.4 Å². The van der Waals surface area contributed by atoms with Gasteiger partial charge in [0.2, 0.25) is 10.0 Å². The number of aliphatic hydroxyl groups is 1. The predicted molar refractivity (Wildman–Crippen MR) is 63.9 cm³/mol. The summed E-state index contributed by atoms with van der Waals surface area (Å²) in [4.78, 5) is 10.8. The molecule has 1 heterocycles. The summed E-state index contributed by atoms with van der Waals surface area (Å²) >= 11 is 0. The smallest absolute Gasteiger partial charge is 0.352 e. The van der Waals surface area contributed by atoms with Gasteiger partial charge in [0.05, 0.1) is 6.10 Å². The number of aryl methyl sites for hydroxylation is 1. The van der Waals surface area contributed by atoms with Gasteiger partial charge in [-0.25, -0.2) is 17.9 Å². The van der Waals surface area contributed by atoms with Gasteiger partial charge in [-0.1, -0.05) is 0 Å². The van der Waals surface area contributed by atoms with E-state index in [1.54, 1.807) is 6.92 Å². The van der Waals surface area contributed by atoms with Gasteiger partial charge in [-0.15, -0.1) is 0 Å². The summed E-state index contributed by atoms with van der Waals surface area (Å²) < 4.78 is 27.2. The molecule has 0 saturated carbocycles. The first-order valence-electron chi connectivity index (χ1n) is 5.39. The lowest BCUT2D eigenvalue weighted by atomic mass is 10.4. The van der Waals surface area contributed by atoms with E-state index < -0.39 is 22.1 Å². The van der Waals surface area contributed by atoms with Crippen molar-refractivity contribution in [3.05, 3.63) is 18.0 Å². The average molecular weight is 276 g/mol. The molecular formula is C10H16N2O5S. The highest BCUT2D eigenvalue weighted by atomic mass is 32.2. The number of sulfonamides is 1. The lowest BCUT2D eigenvalue weighted by Crippen LogP contribution is -2.30. The van der Waals surface area contributed by atoms with Crippen molar-refractivity contribution in [2.24, 2.45) is 0 Å². The number of hydrogen-bond donors (Lipinski definition) is 3. The molecule has 102 valence electrons. The van der Waals surface area contributed by atoms with E-state index >= 15 is 0 Å². The van der Waals surface area contributed by atoms with Gasteiger partial charge in [0.15, 0.2) is 0 Å². The van der Waals surface area contributed by atoms with Crippen LogP contribution >= 0.6 is 0 Å². The number of hydrogen-bond acceptors (Lipinski definition) is 4. The molecule has 0 bridgehead atoms. The lowest BCUT2D eigenvalue weighted by molar-refractivity contribution is 0.0685. The second-order valence-electron chi connectivity index (χ2n) is 3.85. The van der Waals surface area contributed by atoms with Crippen LogP contribution in [-0.2, 0) is 16.6 Å². The lowest BCUT2D eigenvalue weighted by Gasteiger charge is -2.06. The maximum atomic E-state index is 11.8. The Kier molecular flexibility index (Phi) is 4.49. The third kappa shape index (κ3) is 3.31. The fourth-order valence-electron chi connectivity index (χ4n) is 1.38. The van der Waals surface area contributed by atoms with E-state index in [0.717, 1.165) is 6.07 Å². The number of aromatic carboxylic acids is 1. The molecule has 0 saturated heterocycles. The van der Waals surface area contributed by atoms with Crippen molar-refractivity contribution in [3.8, 4) is 0 Å². The summed E-state index contributed by atoms with van der Waals surface area (Å²) in [6.45, 7) is 3.39. The van der Waals surface area contributed by atoms with Crippen LogP contribution in [0.2, 0.25) is 0 Å². The third-order valence-electron chi connectivity index (χ3n) is 2.31. The van der Waals surface area contributed by atoms with Crippen LogP contribution in [0, 0.1) is 0 Å². The molecule has 3 N–H and O–H groups in total. The third-order valence-corrected chi connectivity index (χ3v) is 3.70. The second-order valence-corrected chi connectivity index (χ2v) is 5.62. The Morgan fingerprint density at radius 1 is 1.56 bits per heavy atom. The van der Waals surface area contributed by atoms with Crippen molar-refractivity contribution in [1.29, 1.82) is 0 Å². The molecule has 0 unspecified atom stereocenters. The van der Waals surface area contributed by atoms with Crippen molar-refractivity contribution in [2.75, 3.05) is 6.54 Å². The van der Waals surface area contributed by atoms with Crippen LogP contribution in [0.4, 0.5) is 0 Å². The van der Waals surface area contributed by atoms with E-state index in [4.69, 9.17) is 10.2 Å². The molecule has 0 aliphatic rings. The van der Waals surface area contributed by atoms with E-state index in [9.17, 15) is 13.2 Å². The number of aromatic nitrogens is 1. The molecule has 0 amide bonds. The molecule has 0 aliphatic heterocycles. The largest absolute Gasteiger partial charge is 0.477 e. The number of carboxylic acid groups (broad SMARTS) is 1. The van der Waals surface area contributed by atoms with Gasteiger partial charge in [-0.2, -0.15) is 0 Å². The van der Waals surface area contributed by atoms with E-state index in [0.29, 0.717) is 6.54 Å². The quantitative estimate of drug-likeness (QED) is 0.670. The predicted octanol–water partition coefficient (Wildman–Crippen LogP) is -0.135. The molecule has 8 heteroatoms. The summed E-state index contributed by atoms with van der Waals surface area (Å²) in [7, 11) is -3.79. The first-order valence-corrected chi connectivity index (χ1v) is 6.87. The van der Waals surface area contributed by atoms with Gasteiger partial charge in [-0.05, 0) is 19.9 Å². The summed E-state index contributed by atoms with van der Waals surface area (Å²) in [5.41, 5.74) is -0.0880. The number of aliphatic hydroxyl groups excluding tert-OH is 1. The van der Waals surface area contributed by atoms with Gasteiger partial charge in [-0.3, -0.25) is 0 Å². The van der Waals surface area contributed by atoms with Gasteiger partial charge in [0.25, 0.3) is 0 Å². The summed E-state index contributed by atoms with van der Waals surface area (Å²) in [5.74, 6) is -1.19. The van der Waals surface area contributed by atoms with Gasteiger partial charge >= 0.3 is 5.97 Å². The van der Waals surface area contributed by atoms with Crippen LogP contribution in [-0.4, -0.2) is 41.8 Å². The first-order chi connectivity index (χ1) is 8.27. The Hall–Kier alpha value is -1.38. The Morgan fingerprint density at radius 2 is 2.17 bits per heavy atom. The average Bonchev–Trinajstić information content (AvgIpc) is 2.71. The van der Waals surface area contributed by atoms with Gasteiger partial charge < -0.3 is 14.8 Å². The Bertz CT molecular complexity index is 532. The number of nitrogens with one attached hydrogen (secondary N) is 1. The standard InChI is InChI=1S/C10H16N2O5S/c1-3-12-6-8(4-9(12)10(14)15)18(16,17)11-5-7(2)13/h4,6-7,11,13H,3,5H2,1-2H3,(H,14,15)/t7-/m1/s1. The highest BCUT2D eigenvalue weighted by Gasteiger charge is 2.20. The normalized spacial score (nSPS) is 13.5. The Labute approximate surface area is 105 Å². The molecule has 1 atom stereocenters. The first kappa shape index (κ1) is 14.7. The van der Waals surface area contributed by atoms with E-state index in [2.05, 4.69) is 4.72 Å². The van der Waals surface area contributed by atoms with Crippen molar-refractivity contribution >= 4 is 16.0 Å². The van der Waals surface area contributed by atoms with E-state index in [1.807, 2.05) is 0 Å². The topological polar surface area (TPSA) is 109 Å². The van der Waals surface area contributed by atoms with Crippen LogP contribution in [0.1, 0.15) is 24.3 Å². The number of carboxylic acids is 1. The molecule has 18 heavy (non-hydrogen) atoms. The minimum absolute atomic E-state index is 0.0880. The van der Waals surface area contributed by atoms with Gasteiger partial charge in [0.1, 0.15) is 10.6 Å².